The van der Waals surface area contributed by atoms with E-state index in [1.165, 1.54) is 20.8 Å². The normalized spacial score (nSPS) is 15.4. The van der Waals surface area contributed by atoms with E-state index in [0.717, 1.165) is 12.2 Å². The first-order valence-electron chi connectivity index (χ1n) is 6.67. The molecule has 0 saturated heterocycles. The number of carbonyl (C=O) groups excluding carboxylic acids is 3. The summed E-state index contributed by atoms with van der Waals surface area (Å²) < 4.78 is 44.6. The molecule has 0 saturated carbocycles. The summed E-state index contributed by atoms with van der Waals surface area (Å²) >= 11 is 0. The fourth-order valence-electron chi connectivity index (χ4n) is 1.64. The summed E-state index contributed by atoms with van der Waals surface area (Å²) in [6, 6.07) is 0. The number of rotatable bonds is 9. The van der Waals surface area contributed by atoms with Gasteiger partial charge in [0.25, 0.3) is 0 Å². The summed E-state index contributed by atoms with van der Waals surface area (Å²) in [6.45, 7) is 10.3. The van der Waals surface area contributed by atoms with Crippen molar-refractivity contribution in [2.45, 2.75) is 33.0 Å². The van der Waals surface area contributed by atoms with Gasteiger partial charge in [-0.15, -0.1) is 0 Å². The van der Waals surface area contributed by atoms with Crippen LogP contribution in [0.15, 0.2) is 25.3 Å². The average Bonchev–Trinajstić information content (AvgIpc) is 2.50. The molecule has 0 rings (SSSR count). The molecule has 0 aliphatic rings. The minimum absolute atomic E-state index is 0. The number of ether oxygens (including phenoxy) is 3. The Balaban J connectivity index is 0. The molecule has 11 heteroatoms. The molecule has 140 valence electrons. The standard InChI is InChI=1S/C14H20O9S.Ca.2H/c1-6-11(15)22-9(3)14(5,10(4)23-12(16)7-2)13(17)21-8-24(18,19)20;;;/h6-7,9-10H,1-2,8H2,3-5H3,(H,18,19,20);;;. The second-order valence-corrected chi connectivity index (χ2v) is 6.38. The second-order valence-electron chi connectivity index (χ2n) is 4.98. The van der Waals surface area contributed by atoms with Crippen LogP contribution >= 0.6 is 0 Å². The molecule has 9 nitrogen and oxygen atoms in total. The monoisotopic (exact) mass is 406 g/mol. The van der Waals surface area contributed by atoms with E-state index in [2.05, 4.69) is 17.9 Å². The maximum atomic E-state index is 12.3. The van der Waals surface area contributed by atoms with E-state index in [-0.39, 0.29) is 37.7 Å². The predicted molar refractivity (Wildman–Crippen MR) is 90.7 cm³/mol. The Morgan fingerprint density at radius 1 is 1.08 bits per heavy atom. The Morgan fingerprint density at radius 3 is 1.72 bits per heavy atom. The van der Waals surface area contributed by atoms with Crippen molar-refractivity contribution in [2.75, 3.05) is 5.94 Å². The van der Waals surface area contributed by atoms with Gasteiger partial charge in [-0.25, -0.2) is 9.59 Å². The second kappa shape index (κ2) is 10.9. The van der Waals surface area contributed by atoms with Gasteiger partial charge >= 0.3 is 65.8 Å². The first-order valence-corrected chi connectivity index (χ1v) is 8.27. The summed E-state index contributed by atoms with van der Waals surface area (Å²) in [7, 11) is -4.58. The fourth-order valence-corrected chi connectivity index (χ4v) is 1.89. The molecule has 0 spiro atoms. The maximum absolute atomic E-state index is 12.3. The van der Waals surface area contributed by atoms with Gasteiger partial charge in [-0.3, -0.25) is 9.35 Å². The van der Waals surface area contributed by atoms with Crippen molar-refractivity contribution in [1.82, 2.24) is 0 Å². The van der Waals surface area contributed by atoms with Crippen LogP contribution in [0.2, 0.25) is 0 Å². The topological polar surface area (TPSA) is 133 Å². The molecule has 0 aromatic carbocycles. The number of esters is 3. The van der Waals surface area contributed by atoms with Gasteiger partial charge < -0.3 is 14.2 Å². The van der Waals surface area contributed by atoms with Crippen molar-refractivity contribution in [3.8, 4) is 0 Å². The summed E-state index contributed by atoms with van der Waals surface area (Å²) in [5, 5.41) is 0. The van der Waals surface area contributed by atoms with Crippen molar-refractivity contribution < 1.29 is 41.6 Å². The summed E-state index contributed by atoms with van der Waals surface area (Å²) in [4.78, 5) is 35.0. The summed E-state index contributed by atoms with van der Waals surface area (Å²) in [5.74, 6) is -4.16. The molecule has 0 fully saturated rings. The van der Waals surface area contributed by atoms with Crippen molar-refractivity contribution in [3.05, 3.63) is 25.3 Å². The van der Waals surface area contributed by atoms with Crippen LogP contribution < -0.4 is 0 Å². The van der Waals surface area contributed by atoms with E-state index >= 15 is 0 Å². The van der Waals surface area contributed by atoms with Crippen LogP contribution in [0.5, 0.6) is 0 Å². The van der Waals surface area contributed by atoms with Crippen LogP contribution in [0.3, 0.4) is 0 Å². The zero-order valence-corrected chi connectivity index (χ0v) is 14.4. The molecular weight excluding hydrogens is 384 g/mol. The molecule has 0 amide bonds. The van der Waals surface area contributed by atoms with Crippen molar-refractivity contribution in [1.29, 1.82) is 0 Å². The van der Waals surface area contributed by atoms with Crippen LogP contribution in [0.25, 0.3) is 0 Å². The molecule has 25 heavy (non-hydrogen) atoms. The predicted octanol–water partition coefficient (Wildman–Crippen LogP) is -0.300. The van der Waals surface area contributed by atoms with Crippen LogP contribution in [0.4, 0.5) is 0 Å². The number of carbonyl (C=O) groups is 3. The third-order valence-corrected chi connectivity index (χ3v) is 3.80. The van der Waals surface area contributed by atoms with Crippen molar-refractivity contribution in [2.24, 2.45) is 5.41 Å². The van der Waals surface area contributed by atoms with Crippen LogP contribution in [0.1, 0.15) is 20.8 Å². The van der Waals surface area contributed by atoms with Gasteiger partial charge in [0.1, 0.15) is 17.6 Å². The van der Waals surface area contributed by atoms with Crippen molar-refractivity contribution in [3.63, 3.8) is 0 Å². The number of hydrogen-bond donors (Lipinski definition) is 1. The summed E-state index contributed by atoms with van der Waals surface area (Å²) in [5.41, 5.74) is -1.76. The van der Waals surface area contributed by atoms with E-state index in [4.69, 9.17) is 14.0 Å². The zero-order chi connectivity index (χ0) is 19.1. The van der Waals surface area contributed by atoms with Gasteiger partial charge in [0.2, 0.25) is 5.94 Å². The first kappa shape index (κ1) is 26.3. The average molecular weight is 406 g/mol. The molecule has 2 unspecified atom stereocenters. The van der Waals surface area contributed by atoms with Crippen LogP contribution in [0, 0.1) is 5.41 Å². The third-order valence-electron chi connectivity index (χ3n) is 3.39. The first-order chi connectivity index (χ1) is 10.9. The number of hydrogen-bond acceptors (Lipinski definition) is 8. The summed E-state index contributed by atoms with van der Waals surface area (Å²) in [6.07, 6.45) is -0.629. The molecule has 0 aromatic rings. The Hall–Kier alpha value is -0.940. The minimum atomic E-state index is -4.58. The molecule has 0 bridgehead atoms. The van der Waals surface area contributed by atoms with Gasteiger partial charge in [-0.2, -0.15) is 8.42 Å². The Bertz CT molecular complexity index is 598. The van der Waals surface area contributed by atoms with Crippen LogP contribution in [-0.4, -0.2) is 86.8 Å². The molecule has 0 radical (unpaired) electrons. The van der Waals surface area contributed by atoms with Crippen LogP contribution in [-0.2, 0) is 38.7 Å². The third kappa shape index (κ3) is 8.32. The zero-order valence-electron chi connectivity index (χ0n) is 13.6. The van der Waals surface area contributed by atoms with Gasteiger partial charge in [0.05, 0.1) is 0 Å². The van der Waals surface area contributed by atoms with Gasteiger partial charge in [-0.1, -0.05) is 13.2 Å². The quantitative estimate of drug-likeness (QED) is 0.180. The Labute approximate surface area is 176 Å². The van der Waals surface area contributed by atoms with Gasteiger partial charge in [-0.05, 0) is 20.8 Å². The fraction of sp³-hybridized carbons (Fsp3) is 0.500. The molecule has 0 aliphatic carbocycles. The van der Waals surface area contributed by atoms with E-state index in [0.29, 0.717) is 0 Å². The van der Waals surface area contributed by atoms with Crippen molar-refractivity contribution >= 4 is 65.8 Å². The Morgan fingerprint density at radius 2 is 1.44 bits per heavy atom. The molecule has 0 aromatic heterocycles. The molecule has 0 aliphatic heterocycles. The van der Waals surface area contributed by atoms with E-state index in [9.17, 15) is 22.8 Å². The molecule has 2 atom stereocenters. The Kier molecular flexibility index (Phi) is 11.5. The molecule has 1 N–H and O–H groups in total. The van der Waals surface area contributed by atoms with Gasteiger partial charge in [0.15, 0.2) is 0 Å². The van der Waals surface area contributed by atoms with E-state index in [1.54, 1.807) is 0 Å². The van der Waals surface area contributed by atoms with E-state index < -0.39 is 51.6 Å². The molecule has 0 heterocycles. The SMILES string of the molecule is C=CC(=O)OC(C)C(C)(C(=O)OCS(=O)(=O)O)C(C)OC(=O)C=C.[CaH2]. The molecular formula is C14H22CaO9S. The van der Waals surface area contributed by atoms with E-state index in [1.807, 2.05) is 0 Å². The van der Waals surface area contributed by atoms with Gasteiger partial charge in [0, 0.05) is 12.2 Å².